The fourth-order valence-corrected chi connectivity index (χ4v) is 1.69. The maximum atomic E-state index is 12.4. The third-order valence-corrected chi connectivity index (χ3v) is 2.64. The number of nitrogens with one attached hydrogen (secondary N) is 1. The van der Waals surface area contributed by atoms with E-state index in [0.717, 1.165) is 0 Å². The number of hydrogen-bond donors (Lipinski definition) is 1. The first kappa shape index (κ1) is 16.7. The zero-order valence-corrected chi connectivity index (χ0v) is 11.5. The summed E-state index contributed by atoms with van der Waals surface area (Å²) < 4.78 is 37.2. The van der Waals surface area contributed by atoms with Crippen molar-refractivity contribution in [3.05, 3.63) is 0 Å². The normalized spacial score (nSPS) is 15.4. The van der Waals surface area contributed by atoms with Crippen molar-refractivity contribution < 1.29 is 13.2 Å². The second-order valence-corrected chi connectivity index (χ2v) is 5.37. The first-order valence-electron chi connectivity index (χ1n) is 6.15. The Balaban J connectivity index is 4.39. The molecule has 0 aliphatic heterocycles. The van der Waals surface area contributed by atoms with Gasteiger partial charge >= 0.3 is 6.18 Å². The van der Waals surface area contributed by atoms with Crippen molar-refractivity contribution >= 4 is 0 Å². The van der Waals surface area contributed by atoms with E-state index in [1.807, 2.05) is 27.7 Å². The van der Waals surface area contributed by atoms with Crippen LogP contribution in [0.1, 0.15) is 41.0 Å². The molecule has 0 aromatic rings. The van der Waals surface area contributed by atoms with Crippen LogP contribution >= 0.6 is 0 Å². The molecular formula is C12H25F3N2. The molecule has 0 heterocycles. The number of rotatable bonds is 6. The maximum absolute atomic E-state index is 12.4. The van der Waals surface area contributed by atoms with Crippen LogP contribution in [0, 0.1) is 0 Å². The van der Waals surface area contributed by atoms with Crippen molar-refractivity contribution in [3.8, 4) is 0 Å². The molecule has 0 aromatic carbocycles. The predicted octanol–water partition coefficient (Wildman–Crippen LogP) is 3.04. The minimum Gasteiger partial charge on any atom is -0.311 e. The Morgan fingerprint density at radius 2 is 1.65 bits per heavy atom. The Bertz CT molecular complexity index is 209. The fourth-order valence-electron chi connectivity index (χ4n) is 1.69. The molecule has 0 saturated heterocycles. The summed E-state index contributed by atoms with van der Waals surface area (Å²) in [6.07, 6.45) is -3.40. The molecule has 0 amide bonds. The van der Waals surface area contributed by atoms with E-state index in [1.54, 1.807) is 6.92 Å². The molecule has 0 fully saturated rings. The largest absolute Gasteiger partial charge is 0.401 e. The van der Waals surface area contributed by atoms with Gasteiger partial charge in [-0.1, -0.05) is 13.8 Å². The number of halogens is 3. The van der Waals surface area contributed by atoms with Gasteiger partial charge < -0.3 is 5.32 Å². The van der Waals surface area contributed by atoms with Gasteiger partial charge in [0.1, 0.15) is 0 Å². The smallest absolute Gasteiger partial charge is 0.311 e. The summed E-state index contributed by atoms with van der Waals surface area (Å²) in [5, 5.41) is 3.26. The monoisotopic (exact) mass is 254 g/mol. The number of likely N-dealkylation sites (N-methyl/N-ethyl adjacent to an activating group) is 1. The maximum Gasteiger partial charge on any atom is 0.401 e. The molecule has 104 valence electrons. The Labute approximate surface area is 103 Å². The Hall–Kier alpha value is -0.290. The molecule has 0 bridgehead atoms. The van der Waals surface area contributed by atoms with Crippen molar-refractivity contribution in [2.45, 2.75) is 58.8 Å². The summed E-state index contributed by atoms with van der Waals surface area (Å²) in [5.41, 5.74) is -0.0644. The summed E-state index contributed by atoms with van der Waals surface area (Å²) in [7, 11) is 0. The molecule has 1 N–H and O–H groups in total. The summed E-state index contributed by atoms with van der Waals surface area (Å²) in [6.45, 7) is 9.92. The van der Waals surface area contributed by atoms with Gasteiger partial charge in [0.2, 0.25) is 0 Å². The lowest BCUT2D eigenvalue weighted by atomic mass is 10.1. The van der Waals surface area contributed by atoms with Crippen molar-refractivity contribution in [1.29, 1.82) is 0 Å². The molecule has 5 heteroatoms. The van der Waals surface area contributed by atoms with E-state index >= 15 is 0 Å². The lowest BCUT2D eigenvalue weighted by molar-refractivity contribution is -0.150. The Kier molecular flexibility index (Phi) is 6.48. The van der Waals surface area contributed by atoms with Crippen LogP contribution in [0.4, 0.5) is 13.2 Å². The molecule has 0 aliphatic rings. The van der Waals surface area contributed by atoms with Gasteiger partial charge in [-0.15, -0.1) is 0 Å². The Morgan fingerprint density at radius 1 is 1.12 bits per heavy atom. The lowest BCUT2D eigenvalue weighted by Crippen LogP contribution is -2.49. The number of alkyl halides is 3. The molecule has 0 aliphatic carbocycles. The second-order valence-electron chi connectivity index (χ2n) is 5.37. The zero-order valence-electron chi connectivity index (χ0n) is 11.5. The third kappa shape index (κ3) is 8.44. The SMILES string of the molecule is CCC(CNC(C)(C)C)N(CC)CC(F)(F)F. The first-order chi connectivity index (χ1) is 7.59. The highest BCUT2D eigenvalue weighted by Crippen LogP contribution is 2.18. The molecule has 1 atom stereocenters. The van der Waals surface area contributed by atoms with Crippen LogP contribution in [-0.2, 0) is 0 Å². The van der Waals surface area contributed by atoms with Crippen LogP contribution in [0.2, 0.25) is 0 Å². The van der Waals surface area contributed by atoms with E-state index in [2.05, 4.69) is 5.32 Å². The first-order valence-corrected chi connectivity index (χ1v) is 6.15. The molecule has 0 rings (SSSR count). The molecule has 2 nitrogen and oxygen atoms in total. The quantitative estimate of drug-likeness (QED) is 0.783. The summed E-state index contributed by atoms with van der Waals surface area (Å²) in [6, 6.07) is -0.0687. The van der Waals surface area contributed by atoms with Gasteiger partial charge in [0.25, 0.3) is 0 Å². The number of nitrogens with zero attached hydrogens (tertiary/aromatic N) is 1. The van der Waals surface area contributed by atoms with Crippen molar-refractivity contribution in [2.75, 3.05) is 19.6 Å². The molecule has 1 unspecified atom stereocenters. The van der Waals surface area contributed by atoms with Crippen LogP contribution in [0.15, 0.2) is 0 Å². The van der Waals surface area contributed by atoms with Crippen molar-refractivity contribution in [1.82, 2.24) is 10.2 Å². The lowest BCUT2D eigenvalue weighted by Gasteiger charge is -2.33. The molecule has 0 radical (unpaired) electrons. The fraction of sp³-hybridized carbons (Fsp3) is 1.00. The Morgan fingerprint density at radius 3 is 1.94 bits per heavy atom. The van der Waals surface area contributed by atoms with Gasteiger partial charge in [-0.25, -0.2) is 0 Å². The zero-order chi connectivity index (χ0) is 13.7. The average molecular weight is 254 g/mol. The predicted molar refractivity (Wildman–Crippen MR) is 65.1 cm³/mol. The van der Waals surface area contributed by atoms with Gasteiger partial charge in [0.05, 0.1) is 6.54 Å². The van der Waals surface area contributed by atoms with Gasteiger partial charge in [-0.05, 0) is 33.7 Å². The van der Waals surface area contributed by atoms with Crippen LogP contribution in [0.5, 0.6) is 0 Å². The van der Waals surface area contributed by atoms with Gasteiger partial charge in [-0.2, -0.15) is 13.2 Å². The van der Waals surface area contributed by atoms with E-state index in [-0.39, 0.29) is 11.6 Å². The molecular weight excluding hydrogens is 229 g/mol. The van der Waals surface area contributed by atoms with Crippen molar-refractivity contribution in [2.24, 2.45) is 0 Å². The average Bonchev–Trinajstić information content (AvgIpc) is 2.13. The van der Waals surface area contributed by atoms with Crippen LogP contribution < -0.4 is 5.32 Å². The highest BCUT2D eigenvalue weighted by atomic mass is 19.4. The second kappa shape index (κ2) is 6.59. The minimum absolute atomic E-state index is 0.0644. The standard InChI is InChI=1S/C12H25F3N2/c1-6-10(8-16-11(3,4)5)17(7-2)9-12(13,14)15/h10,16H,6-9H2,1-5H3. The van der Waals surface area contributed by atoms with Crippen LogP contribution in [0.3, 0.4) is 0 Å². The van der Waals surface area contributed by atoms with Crippen LogP contribution in [-0.4, -0.2) is 42.3 Å². The summed E-state index contributed by atoms with van der Waals surface area (Å²) in [5.74, 6) is 0. The van der Waals surface area contributed by atoms with E-state index in [1.165, 1.54) is 4.90 Å². The number of hydrogen-bond acceptors (Lipinski definition) is 2. The van der Waals surface area contributed by atoms with Gasteiger partial charge in [0, 0.05) is 18.1 Å². The van der Waals surface area contributed by atoms with Gasteiger partial charge in [0.15, 0.2) is 0 Å². The highest BCUT2D eigenvalue weighted by molar-refractivity contribution is 4.79. The van der Waals surface area contributed by atoms with Crippen LogP contribution in [0.25, 0.3) is 0 Å². The molecule has 0 spiro atoms. The van der Waals surface area contributed by atoms with Gasteiger partial charge in [-0.3, -0.25) is 4.90 Å². The van der Waals surface area contributed by atoms with Crippen molar-refractivity contribution in [3.63, 3.8) is 0 Å². The molecule has 17 heavy (non-hydrogen) atoms. The molecule has 0 saturated carbocycles. The third-order valence-electron chi connectivity index (χ3n) is 2.64. The van der Waals surface area contributed by atoms with E-state index in [0.29, 0.717) is 19.5 Å². The summed E-state index contributed by atoms with van der Waals surface area (Å²) >= 11 is 0. The summed E-state index contributed by atoms with van der Waals surface area (Å²) in [4.78, 5) is 1.48. The minimum atomic E-state index is -4.12. The highest BCUT2D eigenvalue weighted by Gasteiger charge is 2.32. The van der Waals surface area contributed by atoms with E-state index in [4.69, 9.17) is 0 Å². The topological polar surface area (TPSA) is 15.3 Å². The van der Waals surface area contributed by atoms with E-state index < -0.39 is 12.7 Å². The van der Waals surface area contributed by atoms with E-state index in [9.17, 15) is 13.2 Å². The molecule has 0 aromatic heterocycles.